The topological polar surface area (TPSA) is 84.9 Å². The van der Waals surface area contributed by atoms with E-state index in [1.165, 1.54) is 6.92 Å². The van der Waals surface area contributed by atoms with Crippen LogP contribution in [0.3, 0.4) is 0 Å². The molecular formula is C24H28N2O5. The first kappa shape index (κ1) is 22.3. The first-order valence-corrected chi connectivity index (χ1v) is 10.4. The predicted molar refractivity (Wildman–Crippen MR) is 116 cm³/mol. The number of hydrogen-bond donors (Lipinski definition) is 1. The maximum Gasteiger partial charge on any atom is 0.308 e. The third-order valence-corrected chi connectivity index (χ3v) is 5.36. The van der Waals surface area contributed by atoms with Gasteiger partial charge in [0.25, 0.3) is 5.91 Å². The zero-order valence-corrected chi connectivity index (χ0v) is 17.9. The standard InChI is InChI=1S/C24H28N2O5/c1-17(27)31-22-5-3-4-20(15-22)24(29)26-12-10-19(11-13-26)16-25-23(28)14-18-6-8-21(30-2)9-7-18/h3-9,15,19H,10-14,16H2,1-2H3,(H,25,28). The quantitative estimate of drug-likeness (QED) is 0.546. The Morgan fingerprint density at radius 3 is 2.39 bits per heavy atom. The summed E-state index contributed by atoms with van der Waals surface area (Å²) >= 11 is 0. The second-order valence-corrected chi connectivity index (χ2v) is 7.69. The molecule has 1 heterocycles. The molecule has 1 fully saturated rings. The monoisotopic (exact) mass is 424 g/mol. The first-order chi connectivity index (χ1) is 14.9. The van der Waals surface area contributed by atoms with E-state index in [0.29, 0.717) is 43.3 Å². The lowest BCUT2D eigenvalue weighted by Crippen LogP contribution is -2.41. The third kappa shape index (κ3) is 6.57. The number of nitrogens with one attached hydrogen (secondary N) is 1. The zero-order valence-electron chi connectivity index (χ0n) is 17.9. The molecule has 0 saturated carbocycles. The Morgan fingerprint density at radius 2 is 1.74 bits per heavy atom. The molecular weight excluding hydrogens is 396 g/mol. The number of methoxy groups -OCH3 is 1. The average Bonchev–Trinajstić information content (AvgIpc) is 2.78. The van der Waals surface area contributed by atoms with Crippen molar-refractivity contribution >= 4 is 17.8 Å². The third-order valence-electron chi connectivity index (χ3n) is 5.36. The highest BCUT2D eigenvalue weighted by Gasteiger charge is 2.24. The highest BCUT2D eigenvalue weighted by molar-refractivity contribution is 5.94. The van der Waals surface area contributed by atoms with Crippen molar-refractivity contribution in [1.82, 2.24) is 10.2 Å². The maximum absolute atomic E-state index is 12.8. The molecule has 31 heavy (non-hydrogen) atoms. The van der Waals surface area contributed by atoms with Crippen LogP contribution in [-0.2, 0) is 16.0 Å². The Balaban J connectivity index is 1.43. The first-order valence-electron chi connectivity index (χ1n) is 10.4. The lowest BCUT2D eigenvalue weighted by Gasteiger charge is -2.32. The highest BCUT2D eigenvalue weighted by Crippen LogP contribution is 2.21. The van der Waals surface area contributed by atoms with Crippen molar-refractivity contribution < 1.29 is 23.9 Å². The largest absolute Gasteiger partial charge is 0.497 e. The molecule has 1 aliphatic heterocycles. The van der Waals surface area contributed by atoms with Crippen molar-refractivity contribution in [3.05, 3.63) is 59.7 Å². The summed E-state index contributed by atoms with van der Waals surface area (Å²) in [6, 6.07) is 14.1. The van der Waals surface area contributed by atoms with Gasteiger partial charge in [0.2, 0.25) is 5.91 Å². The molecule has 0 aromatic heterocycles. The Kier molecular flexibility index (Phi) is 7.65. The van der Waals surface area contributed by atoms with Gasteiger partial charge in [-0.1, -0.05) is 18.2 Å². The average molecular weight is 424 g/mol. The molecule has 1 aliphatic rings. The number of benzene rings is 2. The van der Waals surface area contributed by atoms with Gasteiger partial charge < -0.3 is 19.7 Å². The van der Waals surface area contributed by atoms with Crippen molar-refractivity contribution in [2.24, 2.45) is 5.92 Å². The minimum absolute atomic E-state index is 0.00837. The number of amides is 2. The summed E-state index contributed by atoms with van der Waals surface area (Å²) in [5, 5.41) is 3.01. The van der Waals surface area contributed by atoms with E-state index in [1.54, 1.807) is 31.4 Å². The number of carbonyl (C=O) groups is 3. The van der Waals surface area contributed by atoms with Gasteiger partial charge in [-0.2, -0.15) is 0 Å². The van der Waals surface area contributed by atoms with Gasteiger partial charge in [-0.3, -0.25) is 14.4 Å². The normalized spacial score (nSPS) is 14.1. The Labute approximate surface area is 182 Å². The number of likely N-dealkylation sites (tertiary alicyclic amines) is 1. The summed E-state index contributed by atoms with van der Waals surface area (Å²) in [5.74, 6) is 0.981. The molecule has 0 atom stereocenters. The maximum atomic E-state index is 12.8. The van der Waals surface area contributed by atoms with E-state index in [1.807, 2.05) is 29.2 Å². The lowest BCUT2D eigenvalue weighted by molar-refractivity contribution is -0.131. The smallest absolute Gasteiger partial charge is 0.308 e. The summed E-state index contributed by atoms with van der Waals surface area (Å²) in [5.41, 5.74) is 1.44. The van der Waals surface area contributed by atoms with Gasteiger partial charge in [0.05, 0.1) is 13.5 Å². The number of ether oxygens (including phenoxy) is 2. The zero-order chi connectivity index (χ0) is 22.2. The van der Waals surface area contributed by atoms with Crippen molar-refractivity contribution in [2.45, 2.75) is 26.2 Å². The molecule has 1 N–H and O–H groups in total. The summed E-state index contributed by atoms with van der Waals surface area (Å²) in [6.07, 6.45) is 2.00. The SMILES string of the molecule is COc1ccc(CC(=O)NCC2CCN(C(=O)c3cccc(OC(C)=O)c3)CC2)cc1. The van der Waals surface area contributed by atoms with Crippen molar-refractivity contribution in [2.75, 3.05) is 26.7 Å². The molecule has 2 aromatic carbocycles. The van der Waals surface area contributed by atoms with Gasteiger partial charge in [0.15, 0.2) is 0 Å². The van der Waals surface area contributed by atoms with Crippen LogP contribution in [0.25, 0.3) is 0 Å². The van der Waals surface area contributed by atoms with Crippen LogP contribution in [0.1, 0.15) is 35.7 Å². The molecule has 7 nitrogen and oxygen atoms in total. The summed E-state index contributed by atoms with van der Waals surface area (Å²) in [6.45, 7) is 3.21. The van der Waals surface area contributed by atoms with Gasteiger partial charge in [0.1, 0.15) is 11.5 Å². The van der Waals surface area contributed by atoms with Gasteiger partial charge >= 0.3 is 5.97 Å². The van der Waals surface area contributed by atoms with E-state index in [0.717, 1.165) is 24.2 Å². The number of piperidine rings is 1. The summed E-state index contributed by atoms with van der Waals surface area (Å²) in [7, 11) is 1.61. The molecule has 0 radical (unpaired) electrons. The van der Waals surface area contributed by atoms with Crippen LogP contribution in [-0.4, -0.2) is 49.4 Å². The van der Waals surface area contributed by atoms with Crippen LogP contribution in [0.15, 0.2) is 48.5 Å². The second kappa shape index (κ2) is 10.6. The van der Waals surface area contributed by atoms with Crippen molar-refractivity contribution in [3.63, 3.8) is 0 Å². The number of esters is 1. The van der Waals surface area contributed by atoms with Gasteiger partial charge in [-0.15, -0.1) is 0 Å². The molecule has 164 valence electrons. The van der Waals surface area contributed by atoms with Crippen molar-refractivity contribution in [3.8, 4) is 11.5 Å². The van der Waals surface area contributed by atoms with E-state index < -0.39 is 5.97 Å². The molecule has 3 rings (SSSR count). The molecule has 1 saturated heterocycles. The fraction of sp³-hybridized carbons (Fsp3) is 0.375. The summed E-state index contributed by atoms with van der Waals surface area (Å²) < 4.78 is 10.2. The molecule has 0 aliphatic carbocycles. The summed E-state index contributed by atoms with van der Waals surface area (Å²) in [4.78, 5) is 37.9. The van der Waals surface area contributed by atoms with Crippen LogP contribution < -0.4 is 14.8 Å². The van der Waals surface area contributed by atoms with Gasteiger partial charge in [-0.25, -0.2) is 0 Å². The molecule has 2 aromatic rings. The Bertz CT molecular complexity index is 918. The molecule has 7 heteroatoms. The molecule has 2 amide bonds. The van der Waals surface area contributed by atoms with Crippen molar-refractivity contribution in [1.29, 1.82) is 0 Å². The Hall–Kier alpha value is -3.35. The number of hydrogen-bond acceptors (Lipinski definition) is 5. The van der Waals surface area contributed by atoms with E-state index in [4.69, 9.17) is 9.47 Å². The highest BCUT2D eigenvalue weighted by atomic mass is 16.5. The van der Waals surface area contributed by atoms with Crippen LogP contribution in [0.4, 0.5) is 0 Å². The minimum Gasteiger partial charge on any atom is -0.497 e. The van der Waals surface area contributed by atoms with Crippen LogP contribution in [0.5, 0.6) is 11.5 Å². The van der Waals surface area contributed by atoms with Crippen LogP contribution in [0, 0.1) is 5.92 Å². The van der Waals surface area contributed by atoms with Gasteiger partial charge in [0, 0.05) is 32.1 Å². The Morgan fingerprint density at radius 1 is 1.03 bits per heavy atom. The van der Waals surface area contributed by atoms with E-state index >= 15 is 0 Å². The molecule has 0 spiro atoms. The van der Waals surface area contributed by atoms with Crippen LogP contribution >= 0.6 is 0 Å². The number of carbonyl (C=O) groups excluding carboxylic acids is 3. The molecule has 0 unspecified atom stereocenters. The second-order valence-electron chi connectivity index (χ2n) is 7.69. The minimum atomic E-state index is -0.417. The van der Waals surface area contributed by atoms with Gasteiger partial charge in [-0.05, 0) is 54.7 Å². The number of rotatable bonds is 7. The lowest BCUT2D eigenvalue weighted by atomic mass is 9.96. The molecule has 0 bridgehead atoms. The van der Waals surface area contributed by atoms with E-state index in [2.05, 4.69) is 5.32 Å². The number of nitrogens with zero attached hydrogens (tertiary/aromatic N) is 1. The van der Waals surface area contributed by atoms with Crippen LogP contribution in [0.2, 0.25) is 0 Å². The fourth-order valence-corrected chi connectivity index (χ4v) is 3.63. The fourth-order valence-electron chi connectivity index (χ4n) is 3.63. The van der Waals surface area contributed by atoms with E-state index in [-0.39, 0.29) is 11.8 Å². The van der Waals surface area contributed by atoms with E-state index in [9.17, 15) is 14.4 Å². The predicted octanol–water partition coefficient (Wildman–Crippen LogP) is 2.83.